The first-order valence-electron chi connectivity index (χ1n) is 12.2. The number of aryl methyl sites for hydroxylation is 3. The first-order chi connectivity index (χ1) is 17.8. The van der Waals surface area contributed by atoms with Gasteiger partial charge in [-0.2, -0.15) is 0 Å². The number of nitrogens with zero attached hydrogens (tertiary/aromatic N) is 3. The Morgan fingerprint density at radius 2 is 2.05 bits per heavy atom. The van der Waals surface area contributed by atoms with Crippen LogP contribution < -0.4 is 5.32 Å². The van der Waals surface area contributed by atoms with E-state index in [0.717, 1.165) is 39.7 Å². The second-order valence-electron chi connectivity index (χ2n) is 9.77. The minimum absolute atomic E-state index is 0.305. The molecule has 1 aliphatic rings. The van der Waals surface area contributed by atoms with Crippen molar-refractivity contribution in [1.29, 1.82) is 0 Å². The van der Waals surface area contributed by atoms with E-state index in [-0.39, 0.29) is 11.7 Å². The van der Waals surface area contributed by atoms with Crippen LogP contribution in [-0.4, -0.2) is 32.6 Å². The van der Waals surface area contributed by atoms with Crippen molar-refractivity contribution in [3.63, 3.8) is 0 Å². The molecule has 0 saturated heterocycles. The van der Waals surface area contributed by atoms with Gasteiger partial charge in [0.2, 0.25) is 0 Å². The quantitative estimate of drug-likeness (QED) is 0.343. The normalized spacial score (nSPS) is 17.0. The maximum absolute atomic E-state index is 14.4. The Bertz CT molecular complexity index is 1680. The molecule has 6 nitrogen and oxygen atoms in total. The Morgan fingerprint density at radius 3 is 2.81 bits per heavy atom. The van der Waals surface area contributed by atoms with Gasteiger partial charge in [-0.05, 0) is 0 Å². The number of nitrogens with one attached hydrogen (secondary N) is 2. The molecule has 1 unspecified atom stereocenters. The van der Waals surface area contributed by atoms with Gasteiger partial charge in [0.1, 0.15) is 0 Å². The Labute approximate surface area is 219 Å². The molecule has 1 aliphatic carbocycles. The average Bonchev–Trinajstić information content (AvgIpc) is 3.46. The van der Waals surface area contributed by atoms with Gasteiger partial charge in [-0.3, -0.25) is 0 Å². The summed E-state index contributed by atoms with van der Waals surface area (Å²) in [5, 5.41) is 12.6. The van der Waals surface area contributed by atoms with Gasteiger partial charge in [0.25, 0.3) is 0 Å². The molecular weight excluding hydrogens is 488 g/mol. The van der Waals surface area contributed by atoms with Crippen LogP contribution in [0, 0.1) is 19.7 Å². The number of aromatic amines is 1. The zero-order chi connectivity index (χ0) is 25.7. The molecule has 6 rings (SSSR count). The predicted molar refractivity (Wildman–Crippen MR) is 143 cm³/mol. The third-order valence-corrected chi connectivity index (χ3v) is 7.67. The molecule has 3 heterocycles. The van der Waals surface area contributed by atoms with Crippen LogP contribution >= 0.6 is 11.6 Å². The van der Waals surface area contributed by atoms with Crippen molar-refractivity contribution in [2.45, 2.75) is 38.6 Å². The van der Waals surface area contributed by atoms with E-state index in [2.05, 4.69) is 45.6 Å². The number of hydrogen-bond acceptors (Lipinski definition) is 3. The standard InChI is InChI=1S/C28H24BClFN5O/c1-16-3-5-20-22-14-28(26-12-18(31)8-10-29-26,9-7-24(22)33-25(20)11-16)34-27(37)21-6-4-19(13-23(21)30)36-15-32-35-17(36)2/h3-6,8,10-13,15,33H,7,9,14H2,1-2H3,(H,34,37). The molecule has 0 aliphatic heterocycles. The molecule has 9 heteroatoms. The third kappa shape index (κ3) is 4.15. The summed E-state index contributed by atoms with van der Waals surface area (Å²) in [6.07, 6.45) is 3.48. The Morgan fingerprint density at radius 1 is 1.19 bits per heavy atom. The molecule has 37 heavy (non-hydrogen) atoms. The first kappa shape index (κ1) is 23.6. The van der Waals surface area contributed by atoms with Crippen molar-refractivity contribution < 1.29 is 9.18 Å². The summed E-state index contributed by atoms with van der Waals surface area (Å²) in [6.45, 7) is 5.79. The van der Waals surface area contributed by atoms with Crippen LogP contribution in [-0.2, 0) is 18.4 Å². The summed E-state index contributed by atoms with van der Waals surface area (Å²) in [7, 11) is 0. The van der Waals surface area contributed by atoms with Gasteiger partial charge in [0.15, 0.2) is 0 Å². The zero-order valence-electron chi connectivity index (χ0n) is 20.5. The predicted octanol–water partition coefficient (Wildman–Crippen LogP) is 5.31. The van der Waals surface area contributed by atoms with Crippen LogP contribution in [0.2, 0.25) is 5.02 Å². The number of halogens is 2. The van der Waals surface area contributed by atoms with Crippen LogP contribution in [0.4, 0.5) is 4.39 Å². The molecule has 5 aromatic rings. The summed E-state index contributed by atoms with van der Waals surface area (Å²) in [4.78, 5) is 17.2. The number of hydrogen-bond donors (Lipinski definition) is 2. The van der Waals surface area contributed by atoms with Crippen LogP contribution in [0.25, 0.3) is 16.6 Å². The fourth-order valence-electron chi connectivity index (χ4n) is 5.45. The molecule has 1 atom stereocenters. The maximum atomic E-state index is 14.4. The van der Waals surface area contributed by atoms with Gasteiger partial charge in [-0.25, -0.2) is 0 Å². The molecule has 2 N–H and O–H groups in total. The van der Waals surface area contributed by atoms with E-state index in [9.17, 15) is 9.18 Å². The molecule has 0 spiro atoms. The monoisotopic (exact) mass is 511 g/mol. The minimum atomic E-state index is -0.793. The van der Waals surface area contributed by atoms with Gasteiger partial charge in [0.05, 0.1) is 0 Å². The van der Waals surface area contributed by atoms with Crippen LogP contribution in [0.3, 0.4) is 0 Å². The van der Waals surface area contributed by atoms with E-state index in [1.807, 2.05) is 19.9 Å². The number of rotatable bonds is 4. The summed E-state index contributed by atoms with van der Waals surface area (Å²) >= 11 is 6.60. The summed E-state index contributed by atoms with van der Waals surface area (Å²) in [5.74, 6) is 1.76. The Hall–Kier alpha value is -3.78. The van der Waals surface area contributed by atoms with Crippen molar-refractivity contribution in [2.24, 2.45) is 0 Å². The van der Waals surface area contributed by atoms with Crippen molar-refractivity contribution in [3.05, 3.63) is 105 Å². The molecule has 0 bridgehead atoms. The topological polar surface area (TPSA) is 75.6 Å². The number of fused-ring (bicyclic) bond motifs is 3. The van der Waals surface area contributed by atoms with Crippen LogP contribution in [0.15, 0.2) is 60.8 Å². The van der Waals surface area contributed by atoms with Crippen molar-refractivity contribution in [3.8, 4) is 5.69 Å². The number of benzene rings is 2. The van der Waals surface area contributed by atoms with E-state index in [4.69, 9.17) is 11.6 Å². The molecule has 0 saturated carbocycles. The molecule has 2 aromatic carbocycles. The fraction of sp³-hybridized carbons (Fsp3) is 0.214. The number of H-pyrrole nitrogens is 1. The second-order valence-corrected chi connectivity index (χ2v) is 10.2. The molecule has 1 amide bonds. The van der Waals surface area contributed by atoms with E-state index in [1.54, 1.807) is 29.0 Å². The average molecular weight is 512 g/mol. The van der Waals surface area contributed by atoms with Crippen molar-refractivity contribution in [1.82, 2.24) is 25.1 Å². The second kappa shape index (κ2) is 8.96. The first-order valence-corrected chi connectivity index (χ1v) is 12.6. The van der Waals surface area contributed by atoms with Crippen molar-refractivity contribution >= 4 is 35.3 Å². The third-order valence-electron chi connectivity index (χ3n) is 7.35. The van der Waals surface area contributed by atoms with Gasteiger partial charge < -0.3 is 0 Å². The molecule has 184 valence electrons. The van der Waals surface area contributed by atoms with Crippen LogP contribution in [0.1, 0.15) is 44.9 Å². The molecule has 0 fully saturated rings. The zero-order valence-corrected chi connectivity index (χ0v) is 21.2. The Kier molecular flexibility index (Phi) is 5.72. The molecular formula is C28H24BClFN5O. The number of carbonyl (C=O) groups is 1. The summed E-state index contributed by atoms with van der Waals surface area (Å²) < 4.78 is 16.2. The van der Waals surface area contributed by atoms with Gasteiger partial charge in [0, 0.05) is 0 Å². The molecule has 0 radical (unpaired) electrons. The van der Waals surface area contributed by atoms with E-state index >= 15 is 0 Å². The van der Waals surface area contributed by atoms with Gasteiger partial charge in [-0.15, -0.1) is 0 Å². The number of amides is 1. The van der Waals surface area contributed by atoms with Crippen LogP contribution in [0.5, 0.6) is 0 Å². The van der Waals surface area contributed by atoms with E-state index in [1.165, 1.54) is 17.7 Å². The van der Waals surface area contributed by atoms with Crippen molar-refractivity contribution in [2.75, 3.05) is 0 Å². The number of carbonyl (C=O) groups excluding carboxylic acids is 1. The van der Waals surface area contributed by atoms with E-state index < -0.39 is 5.54 Å². The summed E-state index contributed by atoms with van der Waals surface area (Å²) in [5.41, 5.74) is 5.63. The van der Waals surface area contributed by atoms with E-state index in [0.29, 0.717) is 29.3 Å². The Balaban J connectivity index is 1.39. The SMILES string of the molecule is Cc1ccc2c3c([nH]c2c1)CCC(NC(=O)c1ccc(-n2cnnc2C)cc1Cl)(c1bccc(F)c1)C3. The number of aromatic nitrogens is 4. The fourth-order valence-corrected chi connectivity index (χ4v) is 5.71. The van der Waals surface area contributed by atoms with Gasteiger partial charge in [-0.1, -0.05) is 0 Å². The summed E-state index contributed by atoms with van der Waals surface area (Å²) in [6, 6.07) is 14.5. The molecule has 3 aromatic heterocycles. The van der Waals surface area contributed by atoms with Gasteiger partial charge >= 0.3 is 219 Å².